The third-order valence-corrected chi connectivity index (χ3v) is 6.77. The molecule has 0 saturated heterocycles. The Labute approximate surface area is 193 Å². The van der Waals surface area contributed by atoms with E-state index in [0.29, 0.717) is 24.5 Å². The van der Waals surface area contributed by atoms with Crippen LogP contribution in [0.25, 0.3) is 0 Å². The number of carbonyl (C=O) groups is 2. The number of rotatable bonds is 10. The minimum Gasteiger partial charge on any atom is -0.496 e. The number of nitrogens with one attached hydrogen (secondary N) is 2. The van der Waals surface area contributed by atoms with Crippen LogP contribution in [0.1, 0.15) is 44.0 Å². The number of nitrogens with zero attached hydrogens (tertiary/aromatic N) is 1. The molecule has 0 unspecified atom stereocenters. The maximum absolute atomic E-state index is 12.9. The average Bonchev–Trinajstić information content (AvgIpc) is 2.74. The molecule has 2 amide bonds. The summed E-state index contributed by atoms with van der Waals surface area (Å²) < 4.78 is 32.5. The maximum Gasteiger partial charge on any atom is 0.259 e. The lowest BCUT2D eigenvalue weighted by atomic mass is 10.1. The van der Waals surface area contributed by atoms with Crippen molar-refractivity contribution in [2.24, 2.45) is 0 Å². The largest absolute Gasteiger partial charge is 0.496 e. The zero-order chi connectivity index (χ0) is 23.9. The van der Waals surface area contributed by atoms with Gasteiger partial charge in [0.05, 0.1) is 28.3 Å². The fraction of sp³-hybridized carbons (Fsp3) is 0.364. The van der Waals surface area contributed by atoms with Crippen LogP contribution in [0.5, 0.6) is 5.75 Å². The quantitative estimate of drug-likeness (QED) is 0.524. The van der Waals surface area contributed by atoms with E-state index in [-0.39, 0.29) is 27.1 Å². The Balaban J connectivity index is 2.24. The summed E-state index contributed by atoms with van der Waals surface area (Å²) in [5.41, 5.74) is 0.904. The van der Waals surface area contributed by atoms with Crippen molar-refractivity contribution in [1.82, 2.24) is 4.31 Å². The monoisotopic (exact) mass is 481 g/mol. The van der Waals surface area contributed by atoms with Crippen molar-refractivity contribution in [2.45, 2.75) is 38.5 Å². The van der Waals surface area contributed by atoms with Gasteiger partial charge in [-0.15, -0.1) is 0 Å². The van der Waals surface area contributed by atoms with Gasteiger partial charge in [0.2, 0.25) is 15.9 Å². The van der Waals surface area contributed by atoms with Crippen molar-refractivity contribution in [1.29, 1.82) is 0 Å². The molecule has 10 heteroatoms. The van der Waals surface area contributed by atoms with Crippen molar-refractivity contribution < 1.29 is 22.7 Å². The Morgan fingerprint density at radius 3 is 2.12 bits per heavy atom. The molecule has 0 heterocycles. The van der Waals surface area contributed by atoms with E-state index in [9.17, 15) is 18.0 Å². The van der Waals surface area contributed by atoms with Gasteiger partial charge in [-0.3, -0.25) is 9.59 Å². The van der Waals surface area contributed by atoms with Crippen molar-refractivity contribution in [3.8, 4) is 5.75 Å². The Morgan fingerprint density at radius 2 is 1.62 bits per heavy atom. The number of benzene rings is 2. The summed E-state index contributed by atoms with van der Waals surface area (Å²) in [7, 11) is -2.21. The van der Waals surface area contributed by atoms with Gasteiger partial charge in [-0.05, 0) is 43.2 Å². The third kappa shape index (κ3) is 6.21. The van der Waals surface area contributed by atoms with Gasteiger partial charge in [0.25, 0.3) is 5.91 Å². The van der Waals surface area contributed by atoms with Gasteiger partial charge in [-0.25, -0.2) is 8.42 Å². The average molecular weight is 482 g/mol. The number of amides is 2. The number of halogens is 1. The van der Waals surface area contributed by atoms with Crippen LogP contribution in [0.2, 0.25) is 5.02 Å². The van der Waals surface area contributed by atoms with Crippen LogP contribution in [-0.4, -0.2) is 44.7 Å². The molecule has 2 aromatic carbocycles. The van der Waals surface area contributed by atoms with Crippen molar-refractivity contribution >= 4 is 44.8 Å². The highest BCUT2D eigenvalue weighted by Crippen LogP contribution is 2.31. The molecular weight excluding hydrogens is 454 g/mol. The van der Waals surface area contributed by atoms with E-state index >= 15 is 0 Å². The summed E-state index contributed by atoms with van der Waals surface area (Å²) in [6.07, 6.45) is 1.44. The van der Waals surface area contributed by atoms with E-state index in [1.54, 1.807) is 0 Å². The second-order valence-electron chi connectivity index (χ2n) is 7.10. The zero-order valence-corrected chi connectivity index (χ0v) is 20.1. The standard InChI is InChI=1S/C22H28ClN3O5S/c1-5-11-26(12-6-2)32(29,30)17-9-7-16(8-10-17)25-22(28)18-13-19(23)20(24-15(3)27)14-21(18)31-4/h7-10,13-14H,5-6,11-12H2,1-4H3,(H,24,27)(H,25,28). The number of methoxy groups -OCH3 is 1. The number of sulfonamides is 1. The van der Waals surface area contributed by atoms with Crippen LogP contribution in [0.3, 0.4) is 0 Å². The first-order chi connectivity index (χ1) is 15.1. The summed E-state index contributed by atoms with van der Waals surface area (Å²) >= 11 is 6.18. The molecule has 0 radical (unpaired) electrons. The maximum atomic E-state index is 12.9. The van der Waals surface area contributed by atoms with Crippen LogP contribution in [-0.2, 0) is 14.8 Å². The molecule has 0 aromatic heterocycles. The summed E-state index contributed by atoms with van der Waals surface area (Å²) in [6.45, 7) is 6.10. The molecule has 0 aliphatic carbocycles. The fourth-order valence-electron chi connectivity index (χ4n) is 3.09. The second-order valence-corrected chi connectivity index (χ2v) is 9.44. The molecule has 0 saturated carbocycles. The molecule has 174 valence electrons. The van der Waals surface area contributed by atoms with Crippen molar-refractivity contribution in [3.63, 3.8) is 0 Å². The van der Waals surface area contributed by atoms with E-state index in [2.05, 4.69) is 10.6 Å². The highest BCUT2D eigenvalue weighted by atomic mass is 35.5. The smallest absolute Gasteiger partial charge is 0.259 e. The van der Waals surface area contributed by atoms with E-state index in [4.69, 9.17) is 16.3 Å². The van der Waals surface area contributed by atoms with Crippen LogP contribution >= 0.6 is 11.6 Å². The minimum atomic E-state index is -3.61. The van der Waals surface area contributed by atoms with Gasteiger partial charge < -0.3 is 15.4 Å². The number of anilines is 2. The predicted molar refractivity (Wildman–Crippen MR) is 126 cm³/mol. The molecule has 2 aromatic rings. The first kappa shape index (κ1) is 25.6. The van der Waals surface area contributed by atoms with Crippen molar-refractivity contribution in [3.05, 3.63) is 47.0 Å². The minimum absolute atomic E-state index is 0.165. The Morgan fingerprint density at radius 1 is 1.03 bits per heavy atom. The summed E-state index contributed by atoms with van der Waals surface area (Å²) in [4.78, 5) is 24.2. The first-order valence-corrected chi connectivity index (χ1v) is 12.0. The molecule has 0 atom stereocenters. The van der Waals surface area contributed by atoms with Gasteiger partial charge in [-0.2, -0.15) is 4.31 Å². The van der Waals surface area contributed by atoms with E-state index in [1.807, 2.05) is 13.8 Å². The first-order valence-electron chi connectivity index (χ1n) is 10.2. The van der Waals surface area contributed by atoms with Gasteiger partial charge in [-0.1, -0.05) is 25.4 Å². The Hall–Kier alpha value is -2.62. The molecule has 0 aliphatic rings. The molecule has 8 nitrogen and oxygen atoms in total. The Kier molecular flexibility index (Phi) is 9.06. The summed E-state index contributed by atoms with van der Waals surface area (Å²) in [5, 5.41) is 5.45. The van der Waals surface area contributed by atoms with Gasteiger partial charge in [0.15, 0.2) is 0 Å². The van der Waals surface area contributed by atoms with E-state index in [0.717, 1.165) is 12.8 Å². The van der Waals surface area contributed by atoms with Gasteiger partial charge >= 0.3 is 0 Å². The lowest BCUT2D eigenvalue weighted by Crippen LogP contribution is -2.32. The molecular formula is C22H28ClN3O5S. The Bertz CT molecular complexity index is 1070. The van der Waals surface area contributed by atoms with Crippen LogP contribution in [0, 0.1) is 0 Å². The lowest BCUT2D eigenvalue weighted by molar-refractivity contribution is -0.114. The number of hydrogen-bond donors (Lipinski definition) is 2. The highest BCUT2D eigenvalue weighted by Gasteiger charge is 2.23. The molecule has 2 N–H and O–H groups in total. The SMILES string of the molecule is CCCN(CCC)S(=O)(=O)c1ccc(NC(=O)c2cc(Cl)c(NC(C)=O)cc2OC)cc1. The van der Waals surface area contributed by atoms with Crippen LogP contribution in [0.4, 0.5) is 11.4 Å². The molecule has 0 fully saturated rings. The summed E-state index contributed by atoms with van der Waals surface area (Å²) in [6, 6.07) is 8.85. The molecule has 0 aliphatic heterocycles. The summed E-state index contributed by atoms with van der Waals surface area (Å²) in [5.74, 6) is -0.574. The number of carbonyl (C=O) groups excluding carboxylic acids is 2. The highest BCUT2D eigenvalue weighted by molar-refractivity contribution is 7.89. The number of hydrogen-bond acceptors (Lipinski definition) is 5. The van der Waals surface area contributed by atoms with E-state index < -0.39 is 15.9 Å². The fourth-order valence-corrected chi connectivity index (χ4v) is 4.93. The normalized spacial score (nSPS) is 11.3. The zero-order valence-electron chi connectivity index (χ0n) is 18.6. The van der Waals surface area contributed by atoms with Crippen molar-refractivity contribution in [2.75, 3.05) is 30.8 Å². The van der Waals surface area contributed by atoms with Crippen LogP contribution in [0.15, 0.2) is 41.3 Å². The molecule has 2 rings (SSSR count). The lowest BCUT2D eigenvalue weighted by Gasteiger charge is -2.21. The second kappa shape index (κ2) is 11.3. The topological polar surface area (TPSA) is 105 Å². The molecule has 0 bridgehead atoms. The van der Waals surface area contributed by atoms with E-state index in [1.165, 1.54) is 54.7 Å². The van der Waals surface area contributed by atoms with Crippen LogP contribution < -0.4 is 15.4 Å². The van der Waals surface area contributed by atoms with Gasteiger partial charge in [0, 0.05) is 31.8 Å². The van der Waals surface area contributed by atoms with Gasteiger partial charge in [0.1, 0.15) is 5.75 Å². The number of ether oxygens (including phenoxy) is 1. The predicted octanol–water partition coefficient (Wildman–Crippen LogP) is 4.37. The molecule has 0 spiro atoms. The third-order valence-electron chi connectivity index (χ3n) is 4.54. The molecule has 32 heavy (non-hydrogen) atoms.